The van der Waals surface area contributed by atoms with Crippen molar-refractivity contribution in [1.82, 2.24) is 14.7 Å². The number of piperidine rings is 1. The van der Waals surface area contributed by atoms with Gasteiger partial charge in [-0.2, -0.15) is 13.2 Å². The van der Waals surface area contributed by atoms with Gasteiger partial charge in [0.1, 0.15) is 0 Å². The summed E-state index contributed by atoms with van der Waals surface area (Å²) in [6.45, 7) is 1.04. The van der Waals surface area contributed by atoms with Crippen molar-refractivity contribution >= 4 is 22.6 Å². The Morgan fingerprint density at radius 1 is 0.903 bits per heavy atom. The fourth-order valence-corrected chi connectivity index (χ4v) is 4.58. The average molecular weight is 433 g/mol. The summed E-state index contributed by atoms with van der Waals surface area (Å²) in [4.78, 5) is 31.0. The van der Waals surface area contributed by atoms with E-state index in [9.17, 15) is 22.8 Å². The average Bonchev–Trinajstić information content (AvgIpc) is 2.77. The topological polar surface area (TPSA) is 43.9 Å². The number of alkyl halides is 3. The van der Waals surface area contributed by atoms with Gasteiger partial charge in [0.05, 0.1) is 12.5 Å². The summed E-state index contributed by atoms with van der Waals surface area (Å²) >= 11 is 0. The molecule has 2 heterocycles. The fraction of sp³-hybridized carbons (Fsp3) is 0.478. The Hall–Kier alpha value is -2.61. The number of carbonyl (C=O) groups excluding carboxylic acids is 2. The van der Waals surface area contributed by atoms with Gasteiger partial charge in [0.15, 0.2) is 0 Å². The summed E-state index contributed by atoms with van der Waals surface area (Å²) in [5.41, 5.74) is 0.631. The summed E-state index contributed by atoms with van der Waals surface area (Å²) in [5, 5.41) is 1.89. The zero-order valence-electron chi connectivity index (χ0n) is 17.3. The minimum Gasteiger partial charge on any atom is -0.340 e. The molecule has 31 heavy (non-hydrogen) atoms. The van der Waals surface area contributed by atoms with Crippen molar-refractivity contribution in [3.8, 4) is 0 Å². The third kappa shape index (κ3) is 5.01. The van der Waals surface area contributed by atoms with E-state index in [1.807, 2.05) is 42.5 Å². The van der Waals surface area contributed by atoms with Crippen LogP contribution in [0.4, 0.5) is 13.2 Å². The molecule has 4 rings (SSSR count). The van der Waals surface area contributed by atoms with Crippen molar-refractivity contribution in [2.24, 2.45) is 5.92 Å². The largest absolute Gasteiger partial charge is 0.401 e. The van der Waals surface area contributed by atoms with E-state index in [2.05, 4.69) is 0 Å². The molecule has 0 spiro atoms. The molecule has 0 aliphatic carbocycles. The molecule has 2 amide bonds. The van der Waals surface area contributed by atoms with Gasteiger partial charge in [0.2, 0.25) is 5.91 Å². The van der Waals surface area contributed by atoms with Crippen LogP contribution < -0.4 is 0 Å². The number of hydrogen-bond acceptors (Lipinski definition) is 3. The number of halogens is 3. The van der Waals surface area contributed by atoms with Gasteiger partial charge < -0.3 is 9.80 Å². The molecule has 2 aromatic rings. The van der Waals surface area contributed by atoms with Crippen LogP contribution in [-0.2, 0) is 4.79 Å². The van der Waals surface area contributed by atoms with Crippen LogP contribution in [0.5, 0.6) is 0 Å². The maximum atomic E-state index is 13.2. The predicted molar refractivity (Wildman–Crippen MR) is 112 cm³/mol. The van der Waals surface area contributed by atoms with Crippen molar-refractivity contribution in [2.45, 2.75) is 19.0 Å². The van der Waals surface area contributed by atoms with Gasteiger partial charge in [0.25, 0.3) is 5.91 Å². The van der Waals surface area contributed by atoms with Crippen LogP contribution in [0.2, 0.25) is 0 Å². The number of benzene rings is 2. The number of rotatable bonds is 3. The van der Waals surface area contributed by atoms with Crippen LogP contribution in [0.25, 0.3) is 10.8 Å². The molecule has 2 fully saturated rings. The number of nitrogens with zero attached hydrogens (tertiary/aromatic N) is 3. The van der Waals surface area contributed by atoms with E-state index in [1.165, 1.54) is 4.90 Å². The summed E-state index contributed by atoms with van der Waals surface area (Å²) in [5.74, 6) is -0.437. The lowest BCUT2D eigenvalue weighted by Gasteiger charge is -2.39. The van der Waals surface area contributed by atoms with Crippen LogP contribution in [0.3, 0.4) is 0 Å². The highest BCUT2D eigenvalue weighted by molar-refractivity contribution is 6.07. The molecule has 5 nitrogen and oxygen atoms in total. The zero-order valence-corrected chi connectivity index (χ0v) is 17.3. The monoisotopic (exact) mass is 433 g/mol. The second kappa shape index (κ2) is 8.86. The van der Waals surface area contributed by atoms with E-state index in [1.54, 1.807) is 9.80 Å². The smallest absolute Gasteiger partial charge is 0.340 e. The van der Waals surface area contributed by atoms with Crippen molar-refractivity contribution in [3.63, 3.8) is 0 Å². The molecule has 0 aromatic heterocycles. The molecular formula is C23H26F3N3O2. The number of hydrogen-bond donors (Lipinski definition) is 0. The Balaban J connectivity index is 1.39. The van der Waals surface area contributed by atoms with Crippen molar-refractivity contribution < 1.29 is 22.8 Å². The Kier molecular flexibility index (Phi) is 6.18. The Labute approximate surface area is 179 Å². The Morgan fingerprint density at radius 2 is 1.61 bits per heavy atom. The van der Waals surface area contributed by atoms with Crippen LogP contribution in [-0.4, -0.2) is 78.5 Å². The summed E-state index contributed by atoms with van der Waals surface area (Å²) in [6.07, 6.45) is -2.79. The van der Waals surface area contributed by atoms with Gasteiger partial charge in [0, 0.05) is 44.8 Å². The number of likely N-dealkylation sites (tertiary alicyclic amines) is 1. The maximum Gasteiger partial charge on any atom is 0.401 e. The van der Waals surface area contributed by atoms with E-state index >= 15 is 0 Å². The molecule has 8 heteroatoms. The van der Waals surface area contributed by atoms with Gasteiger partial charge in [-0.1, -0.05) is 36.4 Å². The summed E-state index contributed by atoms with van der Waals surface area (Å²) in [7, 11) is 0. The molecule has 2 saturated heterocycles. The van der Waals surface area contributed by atoms with E-state index in [0.717, 1.165) is 17.2 Å². The Bertz CT molecular complexity index is 949. The van der Waals surface area contributed by atoms with Crippen molar-refractivity contribution in [2.75, 3.05) is 45.8 Å². The summed E-state index contributed by atoms with van der Waals surface area (Å²) < 4.78 is 37.7. The fourth-order valence-electron chi connectivity index (χ4n) is 4.58. The first-order valence-electron chi connectivity index (χ1n) is 10.7. The van der Waals surface area contributed by atoms with E-state index < -0.39 is 12.7 Å². The van der Waals surface area contributed by atoms with Gasteiger partial charge in [-0.25, -0.2) is 0 Å². The first-order valence-corrected chi connectivity index (χ1v) is 10.7. The number of carbonyl (C=O) groups is 2. The molecule has 166 valence electrons. The Morgan fingerprint density at radius 3 is 2.35 bits per heavy atom. The molecule has 0 bridgehead atoms. The second-order valence-electron chi connectivity index (χ2n) is 8.33. The van der Waals surface area contributed by atoms with Gasteiger partial charge in [-0.3, -0.25) is 14.5 Å². The molecule has 0 saturated carbocycles. The normalized spacial score (nSPS) is 20.8. The molecule has 2 aliphatic rings. The van der Waals surface area contributed by atoms with E-state index in [-0.39, 0.29) is 30.8 Å². The van der Waals surface area contributed by atoms with Gasteiger partial charge in [-0.15, -0.1) is 0 Å². The minimum absolute atomic E-state index is 0.0536. The van der Waals surface area contributed by atoms with E-state index in [0.29, 0.717) is 38.2 Å². The lowest BCUT2D eigenvalue weighted by Crippen LogP contribution is -2.54. The van der Waals surface area contributed by atoms with Crippen molar-refractivity contribution in [1.29, 1.82) is 0 Å². The second-order valence-corrected chi connectivity index (χ2v) is 8.33. The van der Waals surface area contributed by atoms with Crippen molar-refractivity contribution in [3.05, 3.63) is 48.0 Å². The molecule has 0 radical (unpaired) electrons. The first-order chi connectivity index (χ1) is 14.8. The quantitative estimate of drug-likeness (QED) is 0.745. The molecule has 0 N–H and O–H groups in total. The molecule has 2 aliphatic heterocycles. The van der Waals surface area contributed by atoms with E-state index in [4.69, 9.17) is 0 Å². The standard InChI is InChI=1S/C23H26F3N3O2/c24-23(25,26)16-27-11-13-28(14-12-27)21(30)18-7-4-10-29(15-18)22(31)20-9-3-6-17-5-1-2-8-19(17)20/h1-3,5-6,8-9,18H,4,7,10-16H2/t18-/m0/s1. The summed E-state index contributed by atoms with van der Waals surface area (Å²) in [6, 6.07) is 13.4. The highest BCUT2D eigenvalue weighted by Gasteiger charge is 2.36. The molecule has 1 atom stereocenters. The van der Waals surface area contributed by atoms with Crippen LogP contribution in [0, 0.1) is 5.92 Å². The lowest BCUT2D eigenvalue weighted by molar-refractivity contribution is -0.153. The SMILES string of the molecule is O=C(c1cccc2ccccc12)N1CCC[C@H](C(=O)N2CCN(CC(F)(F)F)CC2)C1. The molecule has 0 unspecified atom stereocenters. The third-order valence-electron chi connectivity index (χ3n) is 6.16. The predicted octanol–water partition coefficient (Wildman–Crippen LogP) is 3.40. The lowest BCUT2D eigenvalue weighted by atomic mass is 9.95. The molecule has 2 aromatic carbocycles. The third-order valence-corrected chi connectivity index (χ3v) is 6.16. The number of piperazine rings is 1. The minimum atomic E-state index is -4.22. The highest BCUT2D eigenvalue weighted by Crippen LogP contribution is 2.25. The first kappa shape index (κ1) is 21.6. The van der Waals surface area contributed by atoms with Gasteiger partial charge in [-0.05, 0) is 29.7 Å². The van der Waals surface area contributed by atoms with Crippen LogP contribution in [0.1, 0.15) is 23.2 Å². The molecular weight excluding hydrogens is 407 g/mol. The van der Waals surface area contributed by atoms with Crippen LogP contribution >= 0.6 is 0 Å². The maximum absolute atomic E-state index is 13.2. The van der Waals surface area contributed by atoms with Gasteiger partial charge >= 0.3 is 6.18 Å². The number of amides is 2. The highest BCUT2D eigenvalue weighted by atomic mass is 19.4. The number of fused-ring (bicyclic) bond motifs is 1. The zero-order chi connectivity index (χ0) is 22.0. The van der Waals surface area contributed by atoms with Crippen LogP contribution in [0.15, 0.2) is 42.5 Å².